The molecule has 0 bridgehead atoms. The molecule has 1 rings (SSSR count). The van der Waals surface area contributed by atoms with Crippen LogP contribution in [-0.2, 0) is 0 Å². The van der Waals surface area contributed by atoms with Crippen molar-refractivity contribution in [3.63, 3.8) is 0 Å². The molecule has 1 heteroatoms. The second-order valence-corrected chi connectivity index (χ2v) is 1.56. The zero-order valence-corrected chi connectivity index (χ0v) is 4.31. The van der Waals surface area contributed by atoms with Gasteiger partial charge >= 0.3 is 0 Å². The molecule has 0 aromatic rings. The summed E-state index contributed by atoms with van der Waals surface area (Å²) in [6, 6.07) is 0. The molecule has 0 aromatic carbocycles. The van der Waals surface area contributed by atoms with Gasteiger partial charge in [0.05, 0.1) is 0 Å². The van der Waals surface area contributed by atoms with E-state index in [0.717, 1.165) is 11.3 Å². The predicted molar refractivity (Wildman–Crippen MR) is 31.4 cm³/mol. The summed E-state index contributed by atoms with van der Waals surface area (Å²) in [6.07, 6.45) is 3.66. The molecule has 0 spiro atoms. The molecule has 0 amide bonds. The van der Waals surface area contributed by atoms with Gasteiger partial charge in [-0.2, -0.15) is 0 Å². The summed E-state index contributed by atoms with van der Waals surface area (Å²) in [7, 11) is 0. The molecule has 0 radical (unpaired) electrons. The van der Waals surface area contributed by atoms with Crippen molar-refractivity contribution in [1.82, 2.24) is 0 Å². The van der Waals surface area contributed by atoms with Gasteiger partial charge in [-0.25, -0.2) is 0 Å². The Morgan fingerprint density at radius 1 is 1.71 bits per heavy atom. The quantitative estimate of drug-likeness (QED) is 0.430. The maximum absolute atomic E-state index is 3.95. The molecule has 0 atom stereocenters. The Morgan fingerprint density at radius 3 is 2.57 bits per heavy atom. The van der Waals surface area contributed by atoms with Gasteiger partial charge in [0.15, 0.2) is 0 Å². The van der Waals surface area contributed by atoms with E-state index in [0.29, 0.717) is 0 Å². The van der Waals surface area contributed by atoms with Crippen LogP contribution in [0.1, 0.15) is 6.92 Å². The van der Waals surface area contributed by atoms with E-state index in [-0.39, 0.29) is 0 Å². The minimum absolute atomic E-state index is 1.03. The van der Waals surface area contributed by atoms with E-state index < -0.39 is 0 Å². The van der Waals surface area contributed by atoms with Gasteiger partial charge in [-0.3, -0.25) is 4.99 Å². The van der Waals surface area contributed by atoms with Crippen molar-refractivity contribution >= 4 is 5.71 Å². The average Bonchev–Trinajstić information content (AvgIpc) is 1.91. The third kappa shape index (κ3) is 0.610. The van der Waals surface area contributed by atoms with Crippen molar-refractivity contribution in [2.75, 3.05) is 0 Å². The van der Waals surface area contributed by atoms with Crippen molar-refractivity contribution in [3.8, 4) is 0 Å². The molecule has 0 N–H and O–H groups in total. The molecule has 1 nitrogen and oxygen atoms in total. The number of allylic oxidation sites excluding steroid dienone is 2. The van der Waals surface area contributed by atoms with Crippen LogP contribution in [0, 0.1) is 0 Å². The number of aliphatic imine (C=N–C) groups is 1. The fraction of sp³-hybridized carbons (Fsp3) is 0.167. The van der Waals surface area contributed by atoms with E-state index in [1.807, 2.05) is 13.0 Å². The maximum atomic E-state index is 3.95. The first-order valence-electron chi connectivity index (χ1n) is 2.21. The van der Waals surface area contributed by atoms with Crippen molar-refractivity contribution in [1.29, 1.82) is 0 Å². The Morgan fingerprint density at radius 2 is 2.43 bits per heavy atom. The van der Waals surface area contributed by atoms with E-state index in [9.17, 15) is 0 Å². The third-order valence-corrected chi connectivity index (χ3v) is 1.01. The molecule has 0 aromatic heterocycles. The summed E-state index contributed by atoms with van der Waals surface area (Å²) in [5.41, 5.74) is 2.06. The van der Waals surface area contributed by atoms with Crippen LogP contribution in [0.25, 0.3) is 0 Å². The van der Waals surface area contributed by atoms with Gasteiger partial charge in [0.1, 0.15) is 0 Å². The van der Waals surface area contributed by atoms with Gasteiger partial charge in [0, 0.05) is 11.9 Å². The highest BCUT2D eigenvalue weighted by Crippen LogP contribution is 2.03. The average molecular weight is 93.1 g/mol. The first kappa shape index (κ1) is 4.31. The summed E-state index contributed by atoms with van der Waals surface area (Å²) < 4.78 is 0. The second kappa shape index (κ2) is 1.34. The fourth-order valence-electron chi connectivity index (χ4n) is 0.443. The first-order chi connectivity index (χ1) is 3.30. The highest BCUT2D eigenvalue weighted by Gasteiger charge is 1.95. The largest absolute Gasteiger partial charge is 0.261 e. The van der Waals surface area contributed by atoms with Crippen molar-refractivity contribution in [2.24, 2.45) is 4.99 Å². The molecule has 1 aliphatic rings. The van der Waals surface area contributed by atoms with E-state index in [2.05, 4.69) is 11.6 Å². The zero-order valence-electron chi connectivity index (χ0n) is 4.31. The summed E-state index contributed by atoms with van der Waals surface area (Å²) in [5.74, 6) is 0. The number of hydrogen-bond acceptors (Lipinski definition) is 1. The molecule has 0 saturated heterocycles. The Balaban J connectivity index is 2.89. The molecule has 1 heterocycles. The van der Waals surface area contributed by atoms with Crippen molar-refractivity contribution in [2.45, 2.75) is 6.92 Å². The Hall–Kier alpha value is -0.850. The lowest BCUT2D eigenvalue weighted by molar-refractivity contribution is 1.60. The van der Waals surface area contributed by atoms with E-state index in [1.165, 1.54) is 0 Å². The van der Waals surface area contributed by atoms with Crippen LogP contribution in [-0.4, -0.2) is 5.71 Å². The number of hydrogen-bond donors (Lipinski definition) is 0. The van der Waals surface area contributed by atoms with Crippen LogP contribution >= 0.6 is 0 Å². The van der Waals surface area contributed by atoms with Crippen LogP contribution in [0.4, 0.5) is 0 Å². The molecular weight excluding hydrogens is 86.1 g/mol. The minimum Gasteiger partial charge on any atom is -0.261 e. The third-order valence-electron chi connectivity index (χ3n) is 1.01. The molecule has 1 aliphatic heterocycles. The maximum Gasteiger partial charge on any atom is 0.0439 e. The monoisotopic (exact) mass is 93.1 g/mol. The molecule has 0 unspecified atom stereocenters. The molecular formula is C6H7N. The predicted octanol–water partition coefficient (Wildman–Crippen LogP) is 1.53. The molecule has 36 valence electrons. The van der Waals surface area contributed by atoms with Gasteiger partial charge in [-0.15, -0.1) is 0 Å². The normalized spacial score (nSPS) is 17.9. The van der Waals surface area contributed by atoms with Gasteiger partial charge in [0.2, 0.25) is 0 Å². The lowest BCUT2D eigenvalue weighted by Gasteiger charge is -1.84. The van der Waals surface area contributed by atoms with Crippen LogP contribution in [0.3, 0.4) is 0 Å². The van der Waals surface area contributed by atoms with E-state index >= 15 is 0 Å². The standard InChI is InChI=1S/C6H7N/c1-5-3-4-7-6(5)2/h3-4H,1H2,2H3. The Bertz CT molecular complexity index is 152. The highest BCUT2D eigenvalue weighted by molar-refractivity contribution is 6.02. The molecule has 0 fully saturated rings. The van der Waals surface area contributed by atoms with Crippen molar-refractivity contribution < 1.29 is 0 Å². The highest BCUT2D eigenvalue weighted by atomic mass is 14.7. The minimum atomic E-state index is 1.03. The lowest BCUT2D eigenvalue weighted by Crippen LogP contribution is -1.84. The topological polar surface area (TPSA) is 12.4 Å². The van der Waals surface area contributed by atoms with Crippen molar-refractivity contribution in [3.05, 3.63) is 24.4 Å². The first-order valence-corrected chi connectivity index (χ1v) is 2.21. The molecule has 0 saturated carbocycles. The zero-order chi connectivity index (χ0) is 5.28. The lowest BCUT2D eigenvalue weighted by atomic mass is 10.2. The summed E-state index contributed by atoms with van der Waals surface area (Å²) in [6.45, 7) is 5.66. The van der Waals surface area contributed by atoms with E-state index in [4.69, 9.17) is 0 Å². The molecule has 0 aliphatic carbocycles. The summed E-state index contributed by atoms with van der Waals surface area (Å²) in [4.78, 5) is 3.95. The van der Waals surface area contributed by atoms with Gasteiger partial charge in [-0.05, 0) is 18.6 Å². The summed E-state index contributed by atoms with van der Waals surface area (Å²) >= 11 is 0. The molecule has 7 heavy (non-hydrogen) atoms. The van der Waals surface area contributed by atoms with Crippen LogP contribution < -0.4 is 0 Å². The number of nitrogens with zero attached hydrogens (tertiary/aromatic N) is 1. The van der Waals surface area contributed by atoms with E-state index in [1.54, 1.807) is 6.20 Å². The number of rotatable bonds is 0. The van der Waals surface area contributed by atoms with Crippen LogP contribution in [0.5, 0.6) is 0 Å². The Kier molecular flexibility index (Phi) is 0.823. The van der Waals surface area contributed by atoms with Crippen LogP contribution in [0.15, 0.2) is 29.4 Å². The SMILES string of the molecule is C=C1C=CN=C1C. The van der Waals surface area contributed by atoms with Gasteiger partial charge < -0.3 is 0 Å². The van der Waals surface area contributed by atoms with Crippen LogP contribution in [0.2, 0.25) is 0 Å². The summed E-state index contributed by atoms with van der Waals surface area (Å²) in [5, 5.41) is 0. The van der Waals surface area contributed by atoms with Gasteiger partial charge in [-0.1, -0.05) is 6.58 Å². The van der Waals surface area contributed by atoms with Gasteiger partial charge in [0.25, 0.3) is 0 Å². The fourth-order valence-corrected chi connectivity index (χ4v) is 0.443. The second-order valence-electron chi connectivity index (χ2n) is 1.56. The smallest absolute Gasteiger partial charge is 0.0439 e. The Labute approximate surface area is 43.1 Å².